The van der Waals surface area contributed by atoms with E-state index < -0.39 is 17.1 Å². The maximum Gasteiger partial charge on any atom is 0.136 e. The second kappa shape index (κ2) is 5.05. The van der Waals surface area contributed by atoms with E-state index in [1.165, 1.54) is 0 Å². The van der Waals surface area contributed by atoms with E-state index >= 15 is 0 Å². The smallest absolute Gasteiger partial charge is 0.136 e. The zero-order valence-corrected chi connectivity index (χ0v) is 15.2. The summed E-state index contributed by atoms with van der Waals surface area (Å²) in [7, 11) is 0. The average Bonchev–Trinajstić information content (AvgIpc) is 2.75. The number of carbonyl (C=O) groups is 1. The molecule has 0 radical (unpaired) electrons. The van der Waals surface area contributed by atoms with Gasteiger partial charge in [0.25, 0.3) is 0 Å². The number of carbonyl (C=O) groups excluding carboxylic acids is 1. The van der Waals surface area contributed by atoms with Crippen LogP contribution in [0.5, 0.6) is 0 Å². The fraction of sp³-hybridized carbons (Fsp3) is 0.950. The van der Waals surface area contributed by atoms with Crippen molar-refractivity contribution in [3.8, 4) is 0 Å². The van der Waals surface area contributed by atoms with Gasteiger partial charge < -0.3 is 15.3 Å². The van der Waals surface area contributed by atoms with Crippen molar-refractivity contribution in [3.05, 3.63) is 0 Å². The lowest BCUT2D eigenvalue weighted by atomic mass is 9.41. The van der Waals surface area contributed by atoms with Crippen LogP contribution in [0.4, 0.5) is 0 Å². The molecule has 0 aromatic carbocycles. The lowest BCUT2D eigenvalue weighted by Gasteiger charge is -2.65. The van der Waals surface area contributed by atoms with Crippen LogP contribution in [0.3, 0.4) is 0 Å². The molecule has 0 spiro atoms. The van der Waals surface area contributed by atoms with E-state index in [2.05, 4.69) is 13.8 Å². The molecule has 9 atom stereocenters. The summed E-state index contributed by atoms with van der Waals surface area (Å²) < 4.78 is 0. The summed E-state index contributed by atoms with van der Waals surface area (Å²) in [6.07, 6.45) is 4.36. The molecule has 0 bridgehead atoms. The molecule has 136 valence electrons. The lowest BCUT2D eigenvalue weighted by Crippen LogP contribution is -2.67. The molecular weight excluding hydrogens is 304 g/mol. The molecule has 0 amide bonds. The van der Waals surface area contributed by atoms with Gasteiger partial charge in [-0.25, -0.2) is 0 Å². The van der Waals surface area contributed by atoms with Crippen LogP contribution in [0, 0.1) is 34.5 Å². The third-order valence-corrected chi connectivity index (χ3v) is 8.97. The van der Waals surface area contributed by atoms with Gasteiger partial charge in [0.2, 0.25) is 0 Å². The SMILES string of the molecule is C[C@]12C[C@H](O)[C@H]3[C@@H](CC[C@H]4CC(=O)C[C@@](C)(O)[C@@]43C)[C@@H]1CC[C@@H]2O. The zero-order chi connectivity index (χ0) is 17.5. The Kier molecular flexibility index (Phi) is 3.57. The van der Waals surface area contributed by atoms with E-state index in [1.807, 2.05) is 6.92 Å². The number of hydrogen-bond donors (Lipinski definition) is 3. The van der Waals surface area contributed by atoms with E-state index in [0.29, 0.717) is 24.7 Å². The van der Waals surface area contributed by atoms with Gasteiger partial charge in [0, 0.05) is 18.3 Å². The molecule has 24 heavy (non-hydrogen) atoms. The van der Waals surface area contributed by atoms with Crippen molar-refractivity contribution in [2.45, 2.75) is 83.5 Å². The van der Waals surface area contributed by atoms with Crippen molar-refractivity contribution in [3.63, 3.8) is 0 Å². The molecule has 0 aromatic rings. The quantitative estimate of drug-likeness (QED) is 0.634. The molecule has 4 rings (SSSR count). The fourth-order valence-corrected chi connectivity index (χ4v) is 7.57. The Hall–Kier alpha value is -0.450. The second-order valence-electron chi connectivity index (χ2n) is 9.92. The van der Waals surface area contributed by atoms with Crippen molar-refractivity contribution in [1.82, 2.24) is 0 Å². The molecule has 0 heterocycles. The number of aliphatic hydroxyl groups excluding tert-OH is 2. The Balaban J connectivity index is 1.76. The minimum absolute atomic E-state index is 0.0303. The van der Waals surface area contributed by atoms with Crippen LogP contribution in [0.25, 0.3) is 0 Å². The summed E-state index contributed by atoms with van der Waals surface area (Å²) >= 11 is 0. The van der Waals surface area contributed by atoms with Gasteiger partial charge in [-0.2, -0.15) is 0 Å². The first-order chi connectivity index (χ1) is 11.1. The van der Waals surface area contributed by atoms with Gasteiger partial charge in [-0.1, -0.05) is 13.8 Å². The van der Waals surface area contributed by atoms with Gasteiger partial charge in [0.1, 0.15) is 5.78 Å². The van der Waals surface area contributed by atoms with Crippen LogP contribution in [0.1, 0.15) is 65.7 Å². The minimum atomic E-state index is -1.05. The van der Waals surface area contributed by atoms with Crippen molar-refractivity contribution in [1.29, 1.82) is 0 Å². The van der Waals surface area contributed by atoms with Crippen LogP contribution in [0.15, 0.2) is 0 Å². The molecule has 0 saturated heterocycles. The molecule has 4 aliphatic carbocycles. The minimum Gasteiger partial charge on any atom is -0.393 e. The zero-order valence-electron chi connectivity index (χ0n) is 15.2. The van der Waals surface area contributed by atoms with Gasteiger partial charge in [0.15, 0.2) is 0 Å². The summed E-state index contributed by atoms with van der Waals surface area (Å²) in [6.45, 7) is 6.08. The molecule has 4 fully saturated rings. The number of rotatable bonds is 0. The van der Waals surface area contributed by atoms with Gasteiger partial charge in [-0.15, -0.1) is 0 Å². The molecule has 4 nitrogen and oxygen atoms in total. The molecule has 0 aliphatic heterocycles. The van der Waals surface area contributed by atoms with Gasteiger partial charge in [-0.3, -0.25) is 4.79 Å². The molecule has 4 saturated carbocycles. The van der Waals surface area contributed by atoms with Gasteiger partial charge in [0.05, 0.1) is 17.8 Å². The highest BCUT2D eigenvalue weighted by atomic mass is 16.3. The van der Waals surface area contributed by atoms with Crippen LogP contribution in [-0.4, -0.2) is 38.9 Å². The molecular formula is C20H32O4. The molecule has 3 N–H and O–H groups in total. The van der Waals surface area contributed by atoms with Crippen molar-refractivity contribution in [2.75, 3.05) is 0 Å². The molecule has 4 aliphatic rings. The van der Waals surface area contributed by atoms with E-state index in [1.54, 1.807) is 0 Å². The fourth-order valence-electron chi connectivity index (χ4n) is 7.57. The first-order valence-electron chi connectivity index (χ1n) is 9.71. The van der Waals surface area contributed by atoms with E-state index in [-0.39, 0.29) is 35.6 Å². The van der Waals surface area contributed by atoms with Crippen molar-refractivity contribution >= 4 is 5.78 Å². The highest BCUT2D eigenvalue weighted by Crippen LogP contribution is 2.67. The topological polar surface area (TPSA) is 77.8 Å². The average molecular weight is 336 g/mol. The highest BCUT2D eigenvalue weighted by molar-refractivity contribution is 5.81. The Morgan fingerprint density at radius 1 is 1.04 bits per heavy atom. The number of aliphatic hydroxyl groups is 3. The third-order valence-electron chi connectivity index (χ3n) is 8.97. The molecule has 0 unspecified atom stereocenters. The summed E-state index contributed by atoms with van der Waals surface area (Å²) in [5, 5.41) is 32.9. The number of hydrogen-bond acceptors (Lipinski definition) is 4. The number of ketones is 1. The van der Waals surface area contributed by atoms with Crippen LogP contribution >= 0.6 is 0 Å². The van der Waals surface area contributed by atoms with Gasteiger partial charge >= 0.3 is 0 Å². The second-order valence-corrected chi connectivity index (χ2v) is 9.92. The maximum atomic E-state index is 12.1. The van der Waals surface area contributed by atoms with Crippen molar-refractivity contribution in [2.24, 2.45) is 34.5 Å². The standard InChI is InChI=1S/C20H32O4/c1-18-10-15(22)17-13(14(18)6-7-16(18)23)5-4-11-8-12(21)9-19(2,24)20(11,17)3/h11,13-17,22-24H,4-10H2,1-3H3/t11-,13-,14-,15-,16-,17+,18-,19+,20-/m0/s1. The predicted molar refractivity (Wildman–Crippen MR) is 90.1 cm³/mol. The van der Waals surface area contributed by atoms with Gasteiger partial charge in [-0.05, 0) is 68.1 Å². The monoisotopic (exact) mass is 336 g/mol. The third kappa shape index (κ3) is 1.94. The largest absolute Gasteiger partial charge is 0.393 e. The van der Waals surface area contributed by atoms with Crippen LogP contribution < -0.4 is 0 Å². The summed E-state index contributed by atoms with van der Waals surface area (Å²) in [5.74, 6) is 1.12. The number of fused-ring (bicyclic) bond motifs is 5. The summed E-state index contributed by atoms with van der Waals surface area (Å²) in [4.78, 5) is 12.1. The molecule has 4 heteroatoms. The lowest BCUT2D eigenvalue weighted by molar-refractivity contribution is -0.236. The highest BCUT2D eigenvalue weighted by Gasteiger charge is 2.67. The Morgan fingerprint density at radius 3 is 2.46 bits per heavy atom. The first kappa shape index (κ1) is 17.0. The Bertz CT molecular complexity index is 558. The van der Waals surface area contributed by atoms with Crippen LogP contribution in [-0.2, 0) is 4.79 Å². The van der Waals surface area contributed by atoms with Crippen molar-refractivity contribution < 1.29 is 20.1 Å². The van der Waals surface area contributed by atoms with E-state index in [9.17, 15) is 20.1 Å². The normalized spacial score (nSPS) is 60.3. The number of Topliss-reactive ketones (excluding diaryl/α,β-unsaturated/α-hetero) is 1. The van der Waals surface area contributed by atoms with Crippen LogP contribution in [0.2, 0.25) is 0 Å². The Labute approximate surface area is 144 Å². The van der Waals surface area contributed by atoms with E-state index in [4.69, 9.17) is 0 Å². The first-order valence-corrected chi connectivity index (χ1v) is 9.71. The van der Waals surface area contributed by atoms with E-state index in [0.717, 1.165) is 25.7 Å². The Morgan fingerprint density at radius 2 is 1.75 bits per heavy atom. The summed E-state index contributed by atoms with van der Waals surface area (Å²) in [5.41, 5.74) is -1.67. The predicted octanol–water partition coefficient (Wildman–Crippen LogP) is 2.29. The maximum absolute atomic E-state index is 12.1. The summed E-state index contributed by atoms with van der Waals surface area (Å²) in [6, 6.07) is 0. The molecule has 0 aromatic heterocycles.